The standard InChI is InChI=1S/C15H19N3OS2/c1-10(2)13(21-15-16-5-6-17-15)14(19)18-7-3-12-11(9-18)4-8-20-12/h4-6,8,10,13H,3,7,9H2,1-2H3,(H,16,17)/t13-/m1/s1. The molecule has 0 aromatic carbocycles. The Morgan fingerprint density at radius 3 is 3.10 bits per heavy atom. The van der Waals surface area contributed by atoms with Gasteiger partial charge in [0.15, 0.2) is 5.16 Å². The average molecular weight is 321 g/mol. The van der Waals surface area contributed by atoms with Crippen molar-refractivity contribution in [1.82, 2.24) is 14.9 Å². The first-order valence-electron chi connectivity index (χ1n) is 7.15. The third-order valence-corrected chi connectivity index (χ3v) is 6.15. The smallest absolute Gasteiger partial charge is 0.236 e. The van der Waals surface area contributed by atoms with Gasteiger partial charge in [-0.25, -0.2) is 4.98 Å². The summed E-state index contributed by atoms with van der Waals surface area (Å²) in [6.07, 6.45) is 4.50. The Hall–Kier alpha value is -1.27. The second-order valence-corrected chi connectivity index (χ2v) is 7.69. The largest absolute Gasteiger partial charge is 0.340 e. The van der Waals surface area contributed by atoms with Crippen LogP contribution in [-0.4, -0.2) is 32.6 Å². The molecule has 112 valence electrons. The van der Waals surface area contributed by atoms with Crippen LogP contribution in [0.5, 0.6) is 0 Å². The Bertz CT molecular complexity index is 606. The molecule has 3 heterocycles. The van der Waals surface area contributed by atoms with Gasteiger partial charge in [0.25, 0.3) is 0 Å². The number of thiophene rings is 1. The van der Waals surface area contributed by atoms with Crippen LogP contribution in [0.25, 0.3) is 0 Å². The van der Waals surface area contributed by atoms with Gasteiger partial charge in [0.05, 0.1) is 5.25 Å². The number of carbonyl (C=O) groups excluding carboxylic acids is 1. The number of amides is 1. The van der Waals surface area contributed by atoms with E-state index in [0.717, 1.165) is 24.7 Å². The van der Waals surface area contributed by atoms with Crippen LogP contribution >= 0.6 is 23.1 Å². The van der Waals surface area contributed by atoms with Gasteiger partial charge >= 0.3 is 0 Å². The lowest BCUT2D eigenvalue weighted by Crippen LogP contribution is -2.42. The summed E-state index contributed by atoms with van der Waals surface area (Å²) in [5.41, 5.74) is 1.31. The maximum Gasteiger partial charge on any atom is 0.236 e. The molecule has 3 rings (SSSR count). The van der Waals surface area contributed by atoms with Gasteiger partial charge in [-0.1, -0.05) is 25.6 Å². The molecule has 1 N–H and O–H groups in total. The van der Waals surface area contributed by atoms with Gasteiger partial charge in [-0.2, -0.15) is 0 Å². The summed E-state index contributed by atoms with van der Waals surface area (Å²) >= 11 is 3.33. The first-order chi connectivity index (χ1) is 10.1. The van der Waals surface area contributed by atoms with E-state index < -0.39 is 0 Å². The van der Waals surface area contributed by atoms with Gasteiger partial charge in [-0.15, -0.1) is 11.3 Å². The molecule has 1 atom stereocenters. The van der Waals surface area contributed by atoms with E-state index in [1.165, 1.54) is 22.2 Å². The topological polar surface area (TPSA) is 49.0 Å². The minimum Gasteiger partial charge on any atom is -0.340 e. The molecule has 1 aliphatic heterocycles. The van der Waals surface area contributed by atoms with E-state index in [9.17, 15) is 4.79 Å². The summed E-state index contributed by atoms with van der Waals surface area (Å²) in [6, 6.07) is 2.14. The molecular formula is C15H19N3OS2. The molecule has 0 aliphatic carbocycles. The molecule has 4 nitrogen and oxygen atoms in total. The van der Waals surface area contributed by atoms with E-state index in [-0.39, 0.29) is 17.1 Å². The van der Waals surface area contributed by atoms with Crippen LogP contribution < -0.4 is 0 Å². The minimum atomic E-state index is -0.0867. The quantitative estimate of drug-likeness (QED) is 0.880. The van der Waals surface area contributed by atoms with Crippen molar-refractivity contribution in [2.45, 2.75) is 37.2 Å². The Labute approximate surface area is 133 Å². The van der Waals surface area contributed by atoms with Crippen molar-refractivity contribution in [3.63, 3.8) is 0 Å². The summed E-state index contributed by atoms with van der Waals surface area (Å²) in [5.74, 6) is 0.500. The van der Waals surface area contributed by atoms with Crippen LogP contribution in [0.4, 0.5) is 0 Å². The van der Waals surface area contributed by atoms with Crippen LogP contribution in [0.2, 0.25) is 0 Å². The third kappa shape index (κ3) is 3.16. The highest BCUT2D eigenvalue weighted by Crippen LogP contribution is 2.30. The van der Waals surface area contributed by atoms with Crippen LogP contribution in [0.1, 0.15) is 24.3 Å². The SMILES string of the molecule is CC(C)[C@@H](Sc1ncc[nH]1)C(=O)N1CCc2sccc2C1. The zero-order chi connectivity index (χ0) is 14.8. The number of fused-ring (bicyclic) bond motifs is 1. The normalized spacial score (nSPS) is 16.0. The van der Waals surface area contributed by atoms with Gasteiger partial charge in [-0.05, 0) is 29.3 Å². The van der Waals surface area contributed by atoms with E-state index in [4.69, 9.17) is 0 Å². The number of nitrogens with zero attached hydrogens (tertiary/aromatic N) is 2. The summed E-state index contributed by atoms with van der Waals surface area (Å²) < 4.78 is 0. The Morgan fingerprint density at radius 1 is 1.52 bits per heavy atom. The fraction of sp³-hybridized carbons (Fsp3) is 0.467. The predicted molar refractivity (Wildman–Crippen MR) is 86.5 cm³/mol. The molecule has 0 unspecified atom stereocenters. The molecule has 2 aromatic rings. The van der Waals surface area contributed by atoms with Crippen molar-refractivity contribution in [3.8, 4) is 0 Å². The van der Waals surface area contributed by atoms with Crippen molar-refractivity contribution in [2.24, 2.45) is 5.92 Å². The zero-order valence-corrected chi connectivity index (χ0v) is 13.8. The van der Waals surface area contributed by atoms with Gasteiger partial charge in [0.1, 0.15) is 0 Å². The van der Waals surface area contributed by atoms with Crippen LogP contribution in [0, 0.1) is 5.92 Å². The summed E-state index contributed by atoms with van der Waals surface area (Å²) in [6.45, 7) is 5.77. The van der Waals surface area contributed by atoms with E-state index >= 15 is 0 Å². The molecule has 1 aliphatic rings. The molecule has 0 saturated carbocycles. The molecule has 6 heteroatoms. The van der Waals surface area contributed by atoms with Crippen LogP contribution in [-0.2, 0) is 17.8 Å². The van der Waals surface area contributed by atoms with Crippen LogP contribution in [0.15, 0.2) is 29.0 Å². The minimum absolute atomic E-state index is 0.0867. The van der Waals surface area contributed by atoms with Crippen LogP contribution in [0.3, 0.4) is 0 Å². The number of rotatable bonds is 4. The summed E-state index contributed by atoms with van der Waals surface area (Å²) in [4.78, 5) is 23.6. The number of aromatic amines is 1. The molecule has 2 aromatic heterocycles. The lowest BCUT2D eigenvalue weighted by atomic mass is 10.1. The average Bonchev–Trinajstić information content (AvgIpc) is 3.14. The van der Waals surface area contributed by atoms with Gasteiger partial charge in [-0.3, -0.25) is 4.79 Å². The van der Waals surface area contributed by atoms with Crippen molar-refractivity contribution >= 4 is 29.0 Å². The fourth-order valence-electron chi connectivity index (χ4n) is 2.52. The van der Waals surface area contributed by atoms with Gasteiger partial charge in [0, 0.05) is 30.4 Å². The van der Waals surface area contributed by atoms with Crippen molar-refractivity contribution < 1.29 is 4.79 Å². The maximum absolute atomic E-state index is 12.9. The molecular weight excluding hydrogens is 302 g/mol. The van der Waals surface area contributed by atoms with E-state index in [2.05, 4.69) is 35.3 Å². The fourth-order valence-corrected chi connectivity index (χ4v) is 4.43. The van der Waals surface area contributed by atoms with Gasteiger partial charge in [0.2, 0.25) is 5.91 Å². The molecule has 0 saturated heterocycles. The highest BCUT2D eigenvalue weighted by atomic mass is 32.2. The first-order valence-corrected chi connectivity index (χ1v) is 8.91. The highest BCUT2D eigenvalue weighted by Gasteiger charge is 2.31. The van der Waals surface area contributed by atoms with E-state index in [0.29, 0.717) is 0 Å². The Morgan fingerprint density at radius 2 is 2.38 bits per heavy atom. The first kappa shape index (κ1) is 14.7. The Balaban J connectivity index is 1.73. The molecule has 1 amide bonds. The van der Waals surface area contributed by atoms with E-state index in [1.807, 2.05) is 4.90 Å². The number of aromatic nitrogens is 2. The van der Waals surface area contributed by atoms with Gasteiger partial charge < -0.3 is 9.88 Å². The number of thioether (sulfide) groups is 1. The molecule has 0 fully saturated rings. The third-order valence-electron chi connectivity index (χ3n) is 3.68. The monoisotopic (exact) mass is 321 g/mol. The molecule has 0 spiro atoms. The lowest BCUT2D eigenvalue weighted by Gasteiger charge is -2.31. The number of carbonyl (C=O) groups is 1. The second-order valence-electron chi connectivity index (χ2n) is 5.56. The summed E-state index contributed by atoms with van der Waals surface area (Å²) in [7, 11) is 0. The number of H-pyrrole nitrogens is 1. The number of hydrogen-bond donors (Lipinski definition) is 1. The van der Waals surface area contributed by atoms with Crippen molar-refractivity contribution in [3.05, 3.63) is 34.3 Å². The molecule has 0 bridgehead atoms. The summed E-state index contributed by atoms with van der Waals surface area (Å²) in [5, 5.41) is 2.85. The second kappa shape index (κ2) is 6.23. The number of hydrogen-bond acceptors (Lipinski definition) is 4. The lowest BCUT2D eigenvalue weighted by molar-refractivity contribution is -0.132. The number of nitrogens with one attached hydrogen (secondary N) is 1. The van der Waals surface area contributed by atoms with Crippen molar-refractivity contribution in [1.29, 1.82) is 0 Å². The van der Waals surface area contributed by atoms with E-state index in [1.54, 1.807) is 23.7 Å². The molecule has 0 radical (unpaired) electrons. The maximum atomic E-state index is 12.9. The predicted octanol–water partition coefficient (Wildman–Crippen LogP) is 3.17. The Kier molecular flexibility index (Phi) is 4.35. The van der Waals surface area contributed by atoms with Crippen molar-refractivity contribution in [2.75, 3.05) is 6.54 Å². The highest BCUT2D eigenvalue weighted by molar-refractivity contribution is 8.00. The molecule has 21 heavy (non-hydrogen) atoms. The zero-order valence-electron chi connectivity index (χ0n) is 12.2. The number of imidazole rings is 1.